The fourth-order valence-corrected chi connectivity index (χ4v) is 2.43. The summed E-state index contributed by atoms with van der Waals surface area (Å²) in [6.45, 7) is 5.41. The first-order chi connectivity index (χ1) is 12.3. The lowest BCUT2D eigenvalue weighted by Gasteiger charge is -2.15. The van der Waals surface area contributed by atoms with Crippen LogP contribution in [0.25, 0.3) is 0 Å². The van der Waals surface area contributed by atoms with E-state index in [1.807, 2.05) is 32.0 Å². The van der Waals surface area contributed by atoms with Crippen LogP contribution in [0.3, 0.4) is 0 Å². The van der Waals surface area contributed by atoms with E-state index in [4.69, 9.17) is 14.2 Å². The Labute approximate surface area is 153 Å². The van der Waals surface area contributed by atoms with E-state index in [1.165, 1.54) is 27.2 Å². The number of hydrogen-bond donors (Lipinski definition) is 1. The SMILES string of the molecule is COc1ccc(C(=O)O[C@H](C)C(=O)Nc2ccc(C)cc2C)cc1OC. The van der Waals surface area contributed by atoms with Crippen LogP contribution in [0.15, 0.2) is 36.4 Å². The molecule has 6 heteroatoms. The van der Waals surface area contributed by atoms with Crippen molar-refractivity contribution in [2.45, 2.75) is 26.9 Å². The molecule has 1 atom stereocenters. The normalized spacial score (nSPS) is 11.4. The van der Waals surface area contributed by atoms with Crippen molar-refractivity contribution in [3.8, 4) is 11.5 Å². The van der Waals surface area contributed by atoms with Gasteiger partial charge in [0.2, 0.25) is 0 Å². The van der Waals surface area contributed by atoms with Gasteiger partial charge in [-0.05, 0) is 50.6 Å². The Bertz CT molecular complexity index is 816. The zero-order chi connectivity index (χ0) is 19.3. The molecule has 0 aliphatic carbocycles. The van der Waals surface area contributed by atoms with Gasteiger partial charge in [-0.15, -0.1) is 0 Å². The lowest BCUT2D eigenvalue weighted by atomic mass is 10.1. The number of anilines is 1. The number of aryl methyl sites for hydroxylation is 2. The molecule has 0 aliphatic heterocycles. The smallest absolute Gasteiger partial charge is 0.339 e. The van der Waals surface area contributed by atoms with Crippen LogP contribution in [0, 0.1) is 13.8 Å². The van der Waals surface area contributed by atoms with E-state index in [2.05, 4.69) is 5.32 Å². The van der Waals surface area contributed by atoms with Crippen LogP contribution in [0.2, 0.25) is 0 Å². The van der Waals surface area contributed by atoms with Gasteiger partial charge in [-0.25, -0.2) is 4.79 Å². The second-order valence-electron chi connectivity index (χ2n) is 5.92. The Morgan fingerprint density at radius 1 is 0.962 bits per heavy atom. The molecule has 26 heavy (non-hydrogen) atoms. The summed E-state index contributed by atoms with van der Waals surface area (Å²) in [4.78, 5) is 24.6. The summed E-state index contributed by atoms with van der Waals surface area (Å²) in [5.74, 6) is -0.0981. The molecule has 6 nitrogen and oxygen atoms in total. The molecule has 0 heterocycles. The fraction of sp³-hybridized carbons (Fsp3) is 0.300. The Hall–Kier alpha value is -3.02. The van der Waals surface area contributed by atoms with Crippen molar-refractivity contribution in [1.82, 2.24) is 0 Å². The average molecular weight is 357 g/mol. The molecule has 0 fully saturated rings. The van der Waals surface area contributed by atoms with Gasteiger partial charge in [0, 0.05) is 5.69 Å². The first-order valence-electron chi connectivity index (χ1n) is 8.16. The number of rotatable bonds is 6. The Morgan fingerprint density at radius 3 is 2.27 bits per heavy atom. The summed E-state index contributed by atoms with van der Waals surface area (Å²) >= 11 is 0. The highest BCUT2D eigenvalue weighted by Crippen LogP contribution is 2.28. The maximum absolute atomic E-state index is 12.3. The van der Waals surface area contributed by atoms with Gasteiger partial charge in [-0.3, -0.25) is 4.79 Å². The van der Waals surface area contributed by atoms with Gasteiger partial charge in [0.15, 0.2) is 17.6 Å². The fourth-order valence-electron chi connectivity index (χ4n) is 2.43. The first kappa shape index (κ1) is 19.3. The van der Waals surface area contributed by atoms with Crippen molar-refractivity contribution in [3.05, 3.63) is 53.1 Å². The number of carbonyl (C=O) groups is 2. The molecule has 2 aromatic carbocycles. The predicted molar refractivity (Wildman–Crippen MR) is 99.0 cm³/mol. The Balaban J connectivity index is 2.05. The third-order valence-electron chi connectivity index (χ3n) is 3.91. The molecule has 0 bridgehead atoms. The molecular weight excluding hydrogens is 334 g/mol. The summed E-state index contributed by atoms with van der Waals surface area (Å²) in [5, 5.41) is 2.77. The summed E-state index contributed by atoms with van der Waals surface area (Å²) in [6, 6.07) is 10.4. The highest BCUT2D eigenvalue weighted by Gasteiger charge is 2.20. The highest BCUT2D eigenvalue weighted by molar-refractivity contribution is 5.98. The van der Waals surface area contributed by atoms with Crippen molar-refractivity contribution >= 4 is 17.6 Å². The van der Waals surface area contributed by atoms with Gasteiger partial charge >= 0.3 is 5.97 Å². The number of ether oxygens (including phenoxy) is 3. The van der Waals surface area contributed by atoms with Gasteiger partial charge < -0.3 is 19.5 Å². The number of methoxy groups -OCH3 is 2. The zero-order valence-electron chi connectivity index (χ0n) is 15.6. The van der Waals surface area contributed by atoms with Crippen LogP contribution in [-0.4, -0.2) is 32.2 Å². The highest BCUT2D eigenvalue weighted by atomic mass is 16.5. The van der Waals surface area contributed by atoms with E-state index in [1.54, 1.807) is 12.1 Å². The zero-order valence-corrected chi connectivity index (χ0v) is 15.6. The molecule has 0 aliphatic rings. The van der Waals surface area contributed by atoms with Gasteiger partial charge in [0.1, 0.15) is 0 Å². The first-order valence-corrected chi connectivity index (χ1v) is 8.16. The lowest BCUT2D eigenvalue weighted by Crippen LogP contribution is -2.30. The van der Waals surface area contributed by atoms with Crippen LogP contribution >= 0.6 is 0 Å². The minimum Gasteiger partial charge on any atom is -0.493 e. The van der Waals surface area contributed by atoms with E-state index in [9.17, 15) is 9.59 Å². The van der Waals surface area contributed by atoms with E-state index in [0.29, 0.717) is 17.2 Å². The van der Waals surface area contributed by atoms with E-state index in [0.717, 1.165) is 11.1 Å². The largest absolute Gasteiger partial charge is 0.493 e. The number of esters is 1. The third-order valence-corrected chi connectivity index (χ3v) is 3.91. The van der Waals surface area contributed by atoms with E-state index in [-0.39, 0.29) is 5.56 Å². The molecule has 2 aromatic rings. The molecule has 1 amide bonds. The second-order valence-corrected chi connectivity index (χ2v) is 5.92. The molecule has 2 rings (SSSR count). The topological polar surface area (TPSA) is 73.9 Å². The van der Waals surface area contributed by atoms with Gasteiger partial charge in [-0.1, -0.05) is 17.7 Å². The summed E-state index contributed by atoms with van der Waals surface area (Å²) in [6.07, 6.45) is -0.948. The molecule has 0 spiro atoms. The van der Waals surface area contributed by atoms with Crippen molar-refractivity contribution in [2.75, 3.05) is 19.5 Å². The molecule has 1 N–H and O–H groups in total. The van der Waals surface area contributed by atoms with E-state index >= 15 is 0 Å². The van der Waals surface area contributed by atoms with Crippen LogP contribution < -0.4 is 14.8 Å². The van der Waals surface area contributed by atoms with Gasteiger partial charge in [0.05, 0.1) is 19.8 Å². The number of carbonyl (C=O) groups excluding carboxylic acids is 2. The third kappa shape index (κ3) is 4.53. The molecule has 0 saturated heterocycles. The molecule has 138 valence electrons. The molecular formula is C20H23NO5. The molecule has 0 radical (unpaired) electrons. The van der Waals surface area contributed by atoms with Gasteiger partial charge in [-0.2, -0.15) is 0 Å². The van der Waals surface area contributed by atoms with Crippen LogP contribution in [0.4, 0.5) is 5.69 Å². The maximum Gasteiger partial charge on any atom is 0.339 e. The monoisotopic (exact) mass is 357 g/mol. The van der Waals surface area contributed by atoms with Crippen molar-refractivity contribution < 1.29 is 23.8 Å². The summed E-state index contributed by atoms with van der Waals surface area (Å²) in [7, 11) is 2.99. The van der Waals surface area contributed by atoms with E-state index < -0.39 is 18.0 Å². The number of hydrogen-bond acceptors (Lipinski definition) is 5. The van der Waals surface area contributed by atoms with Crippen LogP contribution in [0.1, 0.15) is 28.4 Å². The van der Waals surface area contributed by atoms with Crippen LogP contribution in [-0.2, 0) is 9.53 Å². The van der Waals surface area contributed by atoms with Crippen LogP contribution in [0.5, 0.6) is 11.5 Å². The number of benzene rings is 2. The number of amides is 1. The van der Waals surface area contributed by atoms with Gasteiger partial charge in [0.25, 0.3) is 5.91 Å². The maximum atomic E-state index is 12.3. The van der Waals surface area contributed by atoms with Crippen molar-refractivity contribution in [1.29, 1.82) is 0 Å². The Morgan fingerprint density at radius 2 is 1.65 bits per heavy atom. The summed E-state index contributed by atoms with van der Waals surface area (Å²) in [5.41, 5.74) is 3.01. The average Bonchev–Trinajstić information content (AvgIpc) is 2.63. The Kier molecular flexibility index (Phi) is 6.22. The molecule has 0 unspecified atom stereocenters. The minimum absolute atomic E-state index is 0.272. The van der Waals surface area contributed by atoms with Crippen molar-refractivity contribution in [3.63, 3.8) is 0 Å². The molecule has 0 aromatic heterocycles. The lowest BCUT2D eigenvalue weighted by molar-refractivity contribution is -0.123. The van der Waals surface area contributed by atoms with Crippen molar-refractivity contribution in [2.24, 2.45) is 0 Å². The molecule has 0 saturated carbocycles. The predicted octanol–water partition coefficient (Wildman–Crippen LogP) is 3.50. The summed E-state index contributed by atoms with van der Waals surface area (Å²) < 4.78 is 15.6. The second kappa shape index (κ2) is 8.38. The standard InChI is InChI=1S/C20H23NO5/c1-12-6-8-16(13(2)10-12)21-19(22)14(3)26-20(23)15-7-9-17(24-4)18(11-15)25-5/h6-11,14H,1-5H3,(H,21,22)/t14-/m1/s1. The minimum atomic E-state index is -0.948. The quantitative estimate of drug-likeness (QED) is 0.801. The number of nitrogens with one attached hydrogen (secondary N) is 1.